The molecule has 3 rings (SSSR count). The molecule has 1 unspecified atom stereocenters. The summed E-state index contributed by atoms with van der Waals surface area (Å²) in [6.45, 7) is 4.52. The molecule has 6 N–H and O–H groups in total. The number of H-pyrrole nitrogens is 1. The van der Waals surface area contributed by atoms with Crippen LogP contribution in [0.4, 0.5) is 17.5 Å². The van der Waals surface area contributed by atoms with E-state index < -0.39 is 0 Å². The van der Waals surface area contributed by atoms with Gasteiger partial charge in [-0.3, -0.25) is 0 Å². The Morgan fingerprint density at radius 2 is 2.04 bits per heavy atom. The van der Waals surface area contributed by atoms with Crippen molar-refractivity contribution in [1.82, 2.24) is 25.4 Å². The molecule has 0 aliphatic carbocycles. The summed E-state index contributed by atoms with van der Waals surface area (Å²) < 4.78 is 0. The third kappa shape index (κ3) is 3.77. The molecule has 0 saturated heterocycles. The van der Waals surface area contributed by atoms with E-state index >= 15 is 0 Å². The lowest BCUT2D eigenvalue weighted by Crippen LogP contribution is -2.30. The fraction of sp³-hybridized carbons (Fsp3) is 0.375. The van der Waals surface area contributed by atoms with Gasteiger partial charge in [0.1, 0.15) is 0 Å². The number of benzene rings is 1. The predicted molar refractivity (Wildman–Crippen MR) is 97.0 cm³/mol. The Hall–Kier alpha value is -2.94. The number of aliphatic hydroxyl groups excluding tert-OH is 1. The van der Waals surface area contributed by atoms with Crippen molar-refractivity contribution in [1.29, 1.82) is 0 Å². The van der Waals surface area contributed by atoms with Gasteiger partial charge in [0, 0.05) is 12.2 Å². The van der Waals surface area contributed by atoms with Gasteiger partial charge >= 0.3 is 0 Å². The Balaban J connectivity index is 1.86. The van der Waals surface area contributed by atoms with Gasteiger partial charge in [-0.25, -0.2) is 5.10 Å². The van der Waals surface area contributed by atoms with E-state index in [1.807, 2.05) is 38.1 Å². The summed E-state index contributed by atoms with van der Waals surface area (Å²) in [6, 6.07) is 7.47. The van der Waals surface area contributed by atoms with Gasteiger partial charge < -0.3 is 21.5 Å². The van der Waals surface area contributed by atoms with Crippen LogP contribution in [-0.2, 0) is 6.54 Å². The molecule has 0 fully saturated rings. The molecular weight excluding hydrogens is 320 g/mol. The minimum absolute atomic E-state index is 0.0103. The maximum Gasteiger partial charge on any atom is 0.227 e. The van der Waals surface area contributed by atoms with Crippen LogP contribution in [-0.4, -0.2) is 43.1 Å². The van der Waals surface area contributed by atoms with Crippen LogP contribution in [0.1, 0.15) is 19.4 Å². The first-order chi connectivity index (χ1) is 12.1. The number of aliphatic hydroxyl groups is 1. The topological polar surface area (TPSA) is 138 Å². The Bertz CT molecular complexity index is 847. The van der Waals surface area contributed by atoms with E-state index in [0.29, 0.717) is 35.2 Å². The average Bonchev–Trinajstić information content (AvgIpc) is 3.07. The lowest BCUT2D eigenvalue weighted by molar-refractivity contribution is 0.248. The zero-order valence-corrected chi connectivity index (χ0v) is 14.2. The molecule has 25 heavy (non-hydrogen) atoms. The van der Waals surface area contributed by atoms with Gasteiger partial charge in [-0.15, -0.1) is 5.10 Å². The Morgan fingerprint density at radius 1 is 1.24 bits per heavy atom. The van der Waals surface area contributed by atoms with Gasteiger partial charge in [-0.1, -0.05) is 37.3 Å². The molecular formula is C16H22N8O. The number of nitrogen functional groups attached to an aromatic ring is 1. The summed E-state index contributed by atoms with van der Waals surface area (Å²) in [5.74, 6) is 1.17. The van der Waals surface area contributed by atoms with E-state index in [1.165, 1.54) is 0 Å². The summed E-state index contributed by atoms with van der Waals surface area (Å²) in [4.78, 5) is 8.84. The summed E-state index contributed by atoms with van der Waals surface area (Å²) in [6.07, 6.45) is 0. The van der Waals surface area contributed by atoms with Crippen molar-refractivity contribution in [2.75, 3.05) is 23.0 Å². The van der Waals surface area contributed by atoms with Crippen molar-refractivity contribution in [3.05, 3.63) is 29.8 Å². The molecule has 132 valence electrons. The molecule has 0 aliphatic heterocycles. The highest BCUT2D eigenvalue weighted by Crippen LogP contribution is 2.21. The number of rotatable bonds is 7. The number of nitrogens with two attached hydrogens (primary N) is 1. The van der Waals surface area contributed by atoms with Crippen LogP contribution >= 0.6 is 0 Å². The maximum absolute atomic E-state index is 9.50. The molecule has 1 atom stereocenters. The average molecular weight is 342 g/mol. The van der Waals surface area contributed by atoms with Crippen LogP contribution in [0.5, 0.6) is 0 Å². The lowest BCUT2D eigenvalue weighted by Gasteiger charge is -2.20. The van der Waals surface area contributed by atoms with Crippen LogP contribution in [0.2, 0.25) is 0 Å². The second-order valence-corrected chi connectivity index (χ2v) is 6.13. The Labute approximate surface area is 145 Å². The van der Waals surface area contributed by atoms with E-state index in [-0.39, 0.29) is 18.6 Å². The quantitative estimate of drug-likeness (QED) is 0.406. The number of para-hydroxylation sites is 1. The first-order valence-corrected chi connectivity index (χ1v) is 8.12. The largest absolute Gasteiger partial charge is 0.398 e. The van der Waals surface area contributed by atoms with E-state index in [4.69, 9.17) is 5.73 Å². The smallest absolute Gasteiger partial charge is 0.227 e. The van der Waals surface area contributed by atoms with Crippen LogP contribution in [0.3, 0.4) is 0 Å². The highest BCUT2D eigenvalue weighted by Gasteiger charge is 2.16. The molecule has 0 spiro atoms. The number of hydrogen-bond donors (Lipinski definition) is 5. The van der Waals surface area contributed by atoms with Crippen molar-refractivity contribution < 1.29 is 5.11 Å². The molecule has 9 heteroatoms. The second-order valence-electron chi connectivity index (χ2n) is 6.13. The normalized spacial score (nSPS) is 12.5. The van der Waals surface area contributed by atoms with E-state index in [1.54, 1.807) is 0 Å². The van der Waals surface area contributed by atoms with Gasteiger partial charge in [-0.2, -0.15) is 9.97 Å². The number of nitrogens with one attached hydrogen (secondary N) is 3. The fourth-order valence-corrected chi connectivity index (χ4v) is 2.40. The van der Waals surface area contributed by atoms with Gasteiger partial charge in [0.15, 0.2) is 17.0 Å². The first-order valence-electron chi connectivity index (χ1n) is 8.12. The first kappa shape index (κ1) is 16.9. The van der Waals surface area contributed by atoms with Crippen molar-refractivity contribution in [2.45, 2.75) is 26.4 Å². The molecule has 0 aliphatic rings. The molecule has 0 radical (unpaired) electrons. The van der Waals surface area contributed by atoms with Crippen LogP contribution in [0, 0.1) is 5.92 Å². The second kappa shape index (κ2) is 7.31. The Morgan fingerprint density at radius 3 is 2.76 bits per heavy atom. The third-order valence-electron chi connectivity index (χ3n) is 4.01. The standard InChI is InChI=1S/C16H22N8O/c1-9(2)12(8-25)19-16-20-14(13-15(21-16)23-24-22-13)18-7-10-5-3-4-6-11(10)17/h3-6,9,12,25H,7-8,17H2,1-2H3,(H3,18,19,20,21,22,23,24). The summed E-state index contributed by atoms with van der Waals surface area (Å²) in [5.41, 5.74) is 8.71. The number of aromatic nitrogens is 5. The minimum Gasteiger partial charge on any atom is -0.398 e. The van der Waals surface area contributed by atoms with Gasteiger partial charge in [0.25, 0.3) is 0 Å². The predicted octanol–water partition coefficient (Wildman–Crippen LogP) is 1.37. The fourth-order valence-electron chi connectivity index (χ4n) is 2.40. The molecule has 9 nitrogen and oxygen atoms in total. The number of hydrogen-bond acceptors (Lipinski definition) is 8. The molecule has 2 heterocycles. The van der Waals surface area contributed by atoms with Gasteiger partial charge in [0.05, 0.1) is 12.6 Å². The monoisotopic (exact) mass is 342 g/mol. The Kier molecular flexibility index (Phi) is 4.94. The highest BCUT2D eigenvalue weighted by molar-refractivity contribution is 5.83. The molecule has 2 aromatic heterocycles. The molecule has 1 aromatic carbocycles. The summed E-state index contributed by atoms with van der Waals surface area (Å²) in [5, 5.41) is 26.5. The molecule has 0 saturated carbocycles. The lowest BCUT2D eigenvalue weighted by atomic mass is 10.1. The zero-order chi connectivity index (χ0) is 17.8. The number of nitrogens with zero attached hydrogens (tertiary/aromatic N) is 4. The number of anilines is 3. The third-order valence-corrected chi connectivity index (χ3v) is 4.01. The zero-order valence-electron chi connectivity index (χ0n) is 14.2. The highest BCUT2D eigenvalue weighted by atomic mass is 16.3. The number of aromatic amines is 1. The van der Waals surface area contributed by atoms with Crippen LogP contribution < -0.4 is 16.4 Å². The van der Waals surface area contributed by atoms with E-state index in [2.05, 4.69) is 36.0 Å². The molecule has 3 aromatic rings. The van der Waals surface area contributed by atoms with E-state index in [0.717, 1.165) is 5.56 Å². The maximum atomic E-state index is 9.50. The van der Waals surface area contributed by atoms with E-state index in [9.17, 15) is 5.11 Å². The van der Waals surface area contributed by atoms with Crippen molar-refractivity contribution in [3.63, 3.8) is 0 Å². The van der Waals surface area contributed by atoms with Crippen molar-refractivity contribution in [2.24, 2.45) is 5.92 Å². The van der Waals surface area contributed by atoms with Crippen LogP contribution in [0.15, 0.2) is 24.3 Å². The van der Waals surface area contributed by atoms with Crippen molar-refractivity contribution in [3.8, 4) is 0 Å². The SMILES string of the molecule is CC(C)C(CO)Nc1nc(NCc2ccccc2N)c2nn[nH]c2n1. The molecule has 0 bridgehead atoms. The number of fused-ring (bicyclic) bond motifs is 1. The van der Waals surface area contributed by atoms with Crippen LogP contribution in [0.25, 0.3) is 11.2 Å². The summed E-state index contributed by atoms with van der Waals surface area (Å²) in [7, 11) is 0. The van der Waals surface area contributed by atoms with Gasteiger partial charge in [-0.05, 0) is 17.5 Å². The summed E-state index contributed by atoms with van der Waals surface area (Å²) >= 11 is 0. The van der Waals surface area contributed by atoms with Gasteiger partial charge in [0.2, 0.25) is 5.95 Å². The van der Waals surface area contributed by atoms with Crippen molar-refractivity contribution >= 4 is 28.6 Å². The minimum atomic E-state index is -0.147. The molecule has 0 amide bonds.